The van der Waals surface area contributed by atoms with Gasteiger partial charge in [-0.15, -0.1) is 13.2 Å². The zero-order chi connectivity index (χ0) is 14.8. The van der Waals surface area contributed by atoms with E-state index in [0.29, 0.717) is 18.5 Å². The number of rotatable bonds is 4. The Bertz CT molecular complexity index is 484. The van der Waals surface area contributed by atoms with Gasteiger partial charge in [0.15, 0.2) is 0 Å². The summed E-state index contributed by atoms with van der Waals surface area (Å²) in [6.45, 7) is -0.140. The van der Waals surface area contributed by atoms with Gasteiger partial charge in [-0.3, -0.25) is 0 Å². The molecule has 1 aliphatic rings. The van der Waals surface area contributed by atoms with Gasteiger partial charge >= 0.3 is 12.4 Å². The van der Waals surface area contributed by atoms with Gasteiger partial charge in [0.05, 0.1) is 12.1 Å². The minimum atomic E-state index is -4.74. The number of amides is 2. The average Bonchev–Trinajstić information content (AvgIpc) is 3.10. The van der Waals surface area contributed by atoms with Gasteiger partial charge in [0.1, 0.15) is 5.75 Å². The minimum absolute atomic E-state index is 0.140. The van der Waals surface area contributed by atoms with Crippen molar-refractivity contribution in [1.82, 2.24) is 5.32 Å². The molecule has 1 fully saturated rings. The molecule has 1 aromatic carbocycles. The van der Waals surface area contributed by atoms with Gasteiger partial charge < -0.3 is 20.5 Å². The molecule has 0 radical (unpaired) electrons. The first-order valence-corrected chi connectivity index (χ1v) is 5.88. The van der Waals surface area contributed by atoms with Crippen LogP contribution in [0.5, 0.6) is 5.75 Å². The molecule has 20 heavy (non-hydrogen) atoms. The van der Waals surface area contributed by atoms with Crippen molar-refractivity contribution in [2.24, 2.45) is 0 Å². The van der Waals surface area contributed by atoms with Crippen molar-refractivity contribution in [3.63, 3.8) is 0 Å². The van der Waals surface area contributed by atoms with Crippen LogP contribution < -0.4 is 15.4 Å². The van der Waals surface area contributed by atoms with Gasteiger partial charge in [-0.1, -0.05) is 0 Å². The van der Waals surface area contributed by atoms with Crippen molar-refractivity contribution in [3.05, 3.63) is 24.3 Å². The molecular formula is C12H13F3N2O3. The Hall–Kier alpha value is -1.96. The number of anilines is 1. The molecule has 0 spiro atoms. The molecule has 1 aliphatic carbocycles. The second kappa shape index (κ2) is 5.20. The van der Waals surface area contributed by atoms with E-state index in [4.69, 9.17) is 5.11 Å². The van der Waals surface area contributed by atoms with Crippen LogP contribution in [0.1, 0.15) is 12.8 Å². The van der Waals surface area contributed by atoms with E-state index in [9.17, 15) is 18.0 Å². The number of nitrogens with one attached hydrogen (secondary N) is 2. The Morgan fingerprint density at radius 3 is 2.35 bits per heavy atom. The van der Waals surface area contributed by atoms with Crippen LogP contribution in [0.25, 0.3) is 0 Å². The van der Waals surface area contributed by atoms with Crippen molar-refractivity contribution in [2.75, 3.05) is 11.9 Å². The Morgan fingerprint density at radius 1 is 1.30 bits per heavy atom. The molecule has 0 aliphatic heterocycles. The number of halogens is 3. The van der Waals surface area contributed by atoms with Crippen molar-refractivity contribution in [1.29, 1.82) is 0 Å². The van der Waals surface area contributed by atoms with E-state index in [-0.39, 0.29) is 12.4 Å². The smallest absolute Gasteiger partial charge is 0.406 e. The van der Waals surface area contributed by atoms with E-state index >= 15 is 0 Å². The standard InChI is InChI=1S/C12H13F3N2O3/c13-12(14,15)20-9-3-1-8(2-4-9)16-10(19)17-11(7-18)5-6-11/h1-4,18H,5-7H2,(H2,16,17,19). The summed E-state index contributed by atoms with van der Waals surface area (Å²) in [6, 6.07) is 4.27. The lowest BCUT2D eigenvalue weighted by molar-refractivity contribution is -0.274. The summed E-state index contributed by atoms with van der Waals surface area (Å²) in [4.78, 5) is 11.6. The Labute approximate surface area is 112 Å². The van der Waals surface area contributed by atoms with Gasteiger partial charge in [-0.2, -0.15) is 0 Å². The summed E-state index contributed by atoms with van der Waals surface area (Å²) in [5, 5.41) is 14.1. The number of ether oxygens (including phenoxy) is 1. The summed E-state index contributed by atoms with van der Waals surface area (Å²) < 4.78 is 39.6. The molecule has 2 amide bonds. The van der Waals surface area contributed by atoms with E-state index in [2.05, 4.69) is 15.4 Å². The van der Waals surface area contributed by atoms with Crippen LogP contribution in [-0.4, -0.2) is 29.6 Å². The third-order valence-corrected chi connectivity index (χ3v) is 2.88. The van der Waals surface area contributed by atoms with Gasteiger partial charge in [-0.25, -0.2) is 4.79 Å². The monoisotopic (exact) mass is 290 g/mol. The first kappa shape index (κ1) is 14.4. The lowest BCUT2D eigenvalue weighted by atomic mass is 10.3. The van der Waals surface area contributed by atoms with Crippen LogP contribution in [0.15, 0.2) is 24.3 Å². The number of carbonyl (C=O) groups is 1. The molecule has 0 saturated heterocycles. The fourth-order valence-corrected chi connectivity index (χ4v) is 1.62. The number of aliphatic hydroxyl groups excluding tert-OH is 1. The highest BCUT2D eigenvalue weighted by Gasteiger charge is 2.43. The topological polar surface area (TPSA) is 70.6 Å². The highest BCUT2D eigenvalue weighted by Crippen LogP contribution is 2.34. The van der Waals surface area contributed by atoms with Crippen molar-refractivity contribution in [2.45, 2.75) is 24.7 Å². The second-order valence-electron chi connectivity index (χ2n) is 4.59. The number of benzene rings is 1. The summed E-state index contributed by atoms with van der Waals surface area (Å²) >= 11 is 0. The fraction of sp³-hybridized carbons (Fsp3) is 0.417. The first-order valence-electron chi connectivity index (χ1n) is 5.88. The zero-order valence-corrected chi connectivity index (χ0v) is 10.3. The lowest BCUT2D eigenvalue weighted by Gasteiger charge is -2.15. The predicted molar refractivity (Wildman–Crippen MR) is 64.3 cm³/mol. The maximum atomic E-state index is 12.0. The van der Waals surface area contributed by atoms with E-state index in [1.165, 1.54) is 12.1 Å². The van der Waals surface area contributed by atoms with Crippen molar-refractivity contribution < 1.29 is 27.8 Å². The third kappa shape index (κ3) is 4.02. The molecule has 0 bridgehead atoms. The molecule has 8 heteroatoms. The average molecular weight is 290 g/mol. The third-order valence-electron chi connectivity index (χ3n) is 2.88. The molecule has 5 nitrogen and oxygen atoms in total. The summed E-state index contributed by atoms with van der Waals surface area (Å²) in [5.41, 5.74) is -0.227. The SMILES string of the molecule is O=C(Nc1ccc(OC(F)(F)F)cc1)NC1(CO)CC1. The van der Waals surface area contributed by atoms with Crippen LogP contribution in [0.2, 0.25) is 0 Å². The number of hydrogen-bond donors (Lipinski definition) is 3. The quantitative estimate of drug-likeness (QED) is 0.796. The molecule has 0 unspecified atom stereocenters. The molecule has 0 heterocycles. The van der Waals surface area contributed by atoms with Crippen LogP contribution in [0.3, 0.4) is 0 Å². The number of urea groups is 1. The van der Waals surface area contributed by atoms with Gasteiger partial charge in [0.25, 0.3) is 0 Å². The molecule has 1 saturated carbocycles. The number of carbonyl (C=O) groups excluding carboxylic acids is 1. The van der Waals surface area contributed by atoms with Crippen molar-refractivity contribution >= 4 is 11.7 Å². The zero-order valence-electron chi connectivity index (χ0n) is 10.3. The van der Waals surface area contributed by atoms with Gasteiger partial charge in [0.2, 0.25) is 0 Å². The Morgan fingerprint density at radius 2 is 1.90 bits per heavy atom. The largest absolute Gasteiger partial charge is 0.573 e. The molecule has 2 rings (SSSR count). The van der Waals surface area contributed by atoms with E-state index < -0.39 is 17.9 Å². The van der Waals surface area contributed by atoms with Crippen LogP contribution in [0.4, 0.5) is 23.7 Å². The van der Waals surface area contributed by atoms with Crippen molar-refractivity contribution in [3.8, 4) is 5.75 Å². The maximum absolute atomic E-state index is 12.0. The summed E-state index contributed by atoms with van der Waals surface area (Å²) in [7, 11) is 0. The normalized spacial score (nSPS) is 16.4. The minimum Gasteiger partial charge on any atom is -0.406 e. The molecule has 0 atom stereocenters. The summed E-state index contributed by atoms with van der Waals surface area (Å²) in [5.74, 6) is -0.363. The molecule has 0 aromatic heterocycles. The Kier molecular flexibility index (Phi) is 3.76. The number of aliphatic hydroxyl groups is 1. The second-order valence-corrected chi connectivity index (χ2v) is 4.59. The van der Waals surface area contributed by atoms with E-state index in [1.54, 1.807) is 0 Å². The van der Waals surface area contributed by atoms with Crippen LogP contribution >= 0.6 is 0 Å². The molecule has 3 N–H and O–H groups in total. The predicted octanol–water partition coefficient (Wildman–Crippen LogP) is 2.23. The summed E-state index contributed by atoms with van der Waals surface area (Å²) in [6.07, 6.45) is -3.34. The Balaban J connectivity index is 1.89. The maximum Gasteiger partial charge on any atom is 0.573 e. The number of alkyl halides is 3. The first-order chi connectivity index (χ1) is 9.32. The highest BCUT2D eigenvalue weighted by atomic mass is 19.4. The molecule has 1 aromatic rings. The van der Waals surface area contributed by atoms with Gasteiger partial charge in [-0.05, 0) is 37.1 Å². The van der Waals surface area contributed by atoms with Crippen LogP contribution in [0, 0.1) is 0 Å². The lowest BCUT2D eigenvalue weighted by Crippen LogP contribution is -2.42. The molecule has 110 valence electrons. The highest BCUT2D eigenvalue weighted by molar-refractivity contribution is 5.90. The fourth-order valence-electron chi connectivity index (χ4n) is 1.62. The van der Waals surface area contributed by atoms with Crippen LogP contribution in [-0.2, 0) is 0 Å². The van der Waals surface area contributed by atoms with E-state index in [1.807, 2.05) is 0 Å². The van der Waals surface area contributed by atoms with Gasteiger partial charge in [0, 0.05) is 5.69 Å². The van der Waals surface area contributed by atoms with E-state index in [0.717, 1.165) is 12.1 Å². The molecular weight excluding hydrogens is 277 g/mol. The number of hydrogen-bond acceptors (Lipinski definition) is 3.